The first-order chi connectivity index (χ1) is 10.8. The van der Waals surface area contributed by atoms with Crippen LogP contribution in [0.1, 0.15) is 19.8 Å². The first-order valence-corrected chi connectivity index (χ1v) is 7.83. The lowest BCUT2D eigenvalue weighted by molar-refractivity contribution is 0.103. The number of fused-ring (bicyclic) bond motifs is 1. The first-order valence-electron chi connectivity index (χ1n) is 7.83. The number of aromatic nitrogens is 2. The summed E-state index contributed by atoms with van der Waals surface area (Å²) in [5.74, 6) is 0.445. The van der Waals surface area contributed by atoms with Crippen LogP contribution in [0.2, 0.25) is 0 Å². The number of H-pyrrole nitrogens is 1. The zero-order valence-corrected chi connectivity index (χ0v) is 12.8. The summed E-state index contributed by atoms with van der Waals surface area (Å²) < 4.78 is 5.59. The monoisotopic (exact) mass is 302 g/mol. The molecule has 3 rings (SSSR count). The van der Waals surface area contributed by atoms with Crippen LogP contribution in [0.3, 0.4) is 0 Å². The predicted octanol–water partition coefficient (Wildman–Crippen LogP) is 2.84. The number of hydrogen-bond donors (Lipinski definition) is 2. The average Bonchev–Trinajstić information content (AvgIpc) is 3.16. The van der Waals surface area contributed by atoms with E-state index in [1.54, 1.807) is 6.20 Å². The maximum atomic E-state index is 12.4. The van der Waals surface area contributed by atoms with Gasteiger partial charge in [-0.3, -0.25) is 5.10 Å². The third-order valence-electron chi connectivity index (χ3n) is 3.99. The number of carbonyl (C=O) groups excluding carboxylic acids is 1. The van der Waals surface area contributed by atoms with E-state index in [9.17, 15) is 4.79 Å². The zero-order valence-electron chi connectivity index (χ0n) is 12.8. The van der Waals surface area contributed by atoms with E-state index in [2.05, 4.69) is 22.4 Å². The quantitative estimate of drug-likeness (QED) is 0.834. The van der Waals surface area contributed by atoms with Crippen molar-refractivity contribution in [1.29, 1.82) is 0 Å². The second kappa shape index (κ2) is 6.79. The predicted molar refractivity (Wildman–Crippen MR) is 85.9 cm³/mol. The number of carbonyl (C=O) groups is 1. The lowest BCUT2D eigenvalue weighted by atomic mass is 10.1. The Labute approximate surface area is 129 Å². The van der Waals surface area contributed by atoms with Gasteiger partial charge in [-0.05, 0) is 18.9 Å². The molecule has 1 aromatic heterocycles. The summed E-state index contributed by atoms with van der Waals surface area (Å²) in [5.41, 5.74) is 1.63. The molecule has 0 saturated carbocycles. The van der Waals surface area contributed by atoms with Crippen LogP contribution in [0, 0.1) is 5.92 Å². The van der Waals surface area contributed by atoms with Gasteiger partial charge in [-0.2, -0.15) is 5.10 Å². The van der Waals surface area contributed by atoms with Gasteiger partial charge in [-0.1, -0.05) is 19.1 Å². The number of aromatic amines is 1. The molecule has 6 nitrogen and oxygen atoms in total. The lowest BCUT2D eigenvalue weighted by Crippen LogP contribution is -2.33. The Morgan fingerprint density at radius 1 is 1.55 bits per heavy atom. The van der Waals surface area contributed by atoms with Crippen LogP contribution in [0.25, 0.3) is 10.9 Å². The summed E-state index contributed by atoms with van der Waals surface area (Å²) in [7, 11) is 0. The highest BCUT2D eigenvalue weighted by molar-refractivity contribution is 5.99. The molecule has 1 aliphatic heterocycles. The van der Waals surface area contributed by atoms with Crippen LogP contribution in [0.15, 0.2) is 24.4 Å². The highest BCUT2D eigenvalue weighted by Gasteiger charge is 2.26. The largest absolute Gasteiger partial charge is 0.381 e. The number of amides is 2. The summed E-state index contributed by atoms with van der Waals surface area (Å²) >= 11 is 0. The summed E-state index contributed by atoms with van der Waals surface area (Å²) in [6.45, 7) is 5.18. The van der Waals surface area contributed by atoms with Gasteiger partial charge < -0.3 is 15.0 Å². The van der Waals surface area contributed by atoms with E-state index in [4.69, 9.17) is 4.74 Å². The van der Waals surface area contributed by atoms with Crippen molar-refractivity contribution < 1.29 is 9.53 Å². The Kier molecular flexibility index (Phi) is 4.58. The maximum absolute atomic E-state index is 12.4. The van der Waals surface area contributed by atoms with E-state index in [0.29, 0.717) is 5.92 Å². The zero-order chi connectivity index (χ0) is 15.4. The lowest BCUT2D eigenvalue weighted by Gasteiger charge is -2.17. The third kappa shape index (κ3) is 3.22. The second-order valence-corrected chi connectivity index (χ2v) is 5.75. The third-order valence-corrected chi connectivity index (χ3v) is 3.99. The molecule has 1 saturated heterocycles. The van der Waals surface area contributed by atoms with Crippen molar-refractivity contribution in [3.8, 4) is 0 Å². The molecule has 0 aliphatic carbocycles. The minimum atomic E-state index is -0.0555. The van der Waals surface area contributed by atoms with E-state index >= 15 is 0 Å². The second-order valence-electron chi connectivity index (χ2n) is 5.75. The smallest absolute Gasteiger partial charge is 0.321 e. The normalized spacial score (nSPS) is 18.0. The molecule has 6 heteroatoms. The number of ether oxygens (including phenoxy) is 1. The molecule has 0 bridgehead atoms. The van der Waals surface area contributed by atoms with Crippen LogP contribution >= 0.6 is 0 Å². The van der Waals surface area contributed by atoms with Crippen molar-refractivity contribution in [3.05, 3.63) is 24.4 Å². The van der Waals surface area contributed by atoms with Crippen molar-refractivity contribution in [1.82, 2.24) is 15.1 Å². The fraction of sp³-hybridized carbons (Fsp3) is 0.500. The molecule has 22 heavy (non-hydrogen) atoms. The molecule has 118 valence electrons. The molecule has 1 aliphatic rings. The Hall–Kier alpha value is -2.08. The van der Waals surface area contributed by atoms with Gasteiger partial charge in [0.25, 0.3) is 0 Å². The minimum Gasteiger partial charge on any atom is -0.381 e. The van der Waals surface area contributed by atoms with Gasteiger partial charge in [-0.15, -0.1) is 0 Å². The number of anilines is 1. The van der Waals surface area contributed by atoms with E-state index < -0.39 is 0 Å². The molecule has 2 N–H and O–H groups in total. The molecule has 2 aromatic rings. The van der Waals surface area contributed by atoms with Gasteiger partial charge >= 0.3 is 6.03 Å². The van der Waals surface area contributed by atoms with Gasteiger partial charge in [0, 0.05) is 31.0 Å². The average molecular weight is 302 g/mol. The maximum Gasteiger partial charge on any atom is 0.321 e. The summed E-state index contributed by atoms with van der Waals surface area (Å²) in [5, 5.41) is 10.9. The molecule has 1 aromatic carbocycles. The molecule has 1 atom stereocenters. The fourth-order valence-corrected chi connectivity index (χ4v) is 2.81. The minimum absolute atomic E-state index is 0.0555. The van der Waals surface area contributed by atoms with Gasteiger partial charge in [0.15, 0.2) is 0 Å². The van der Waals surface area contributed by atoms with Crippen LogP contribution in [0.4, 0.5) is 10.5 Å². The first kappa shape index (κ1) is 14.8. The van der Waals surface area contributed by atoms with E-state index in [0.717, 1.165) is 55.7 Å². The van der Waals surface area contributed by atoms with Gasteiger partial charge in [0.05, 0.1) is 24.0 Å². The molecular weight excluding hydrogens is 280 g/mol. The summed E-state index contributed by atoms with van der Waals surface area (Å²) in [4.78, 5) is 14.3. The van der Waals surface area contributed by atoms with Gasteiger partial charge in [0.2, 0.25) is 0 Å². The molecule has 0 spiro atoms. The topological polar surface area (TPSA) is 70.2 Å². The summed E-state index contributed by atoms with van der Waals surface area (Å²) in [6, 6.07) is 5.71. The Morgan fingerprint density at radius 3 is 3.32 bits per heavy atom. The number of para-hydroxylation sites is 1. The van der Waals surface area contributed by atoms with Crippen molar-refractivity contribution in [2.24, 2.45) is 5.92 Å². The van der Waals surface area contributed by atoms with Crippen LogP contribution in [-0.4, -0.2) is 47.4 Å². The summed E-state index contributed by atoms with van der Waals surface area (Å²) in [6.07, 6.45) is 3.79. The van der Waals surface area contributed by atoms with Crippen molar-refractivity contribution in [3.63, 3.8) is 0 Å². The number of nitrogens with one attached hydrogen (secondary N) is 2. The molecule has 0 unspecified atom stereocenters. The molecule has 0 radical (unpaired) electrons. The van der Waals surface area contributed by atoms with Gasteiger partial charge in [0.1, 0.15) is 0 Å². The molecular formula is C16H22N4O2. The fourth-order valence-electron chi connectivity index (χ4n) is 2.81. The van der Waals surface area contributed by atoms with Crippen molar-refractivity contribution in [2.75, 3.05) is 31.6 Å². The number of benzene rings is 1. The van der Waals surface area contributed by atoms with E-state index in [1.807, 2.05) is 23.1 Å². The number of hydrogen-bond acceptors (Lipinski definition) is 3. The van der Waals surface area contributed by atoms with Crippen molar-refractivity contribution >= 4 is 22.6 Å². The standard InChI is InChI=1S/C16H22N4O2/c1-2-8-22-11-12-6-7-20(10-12)16(21)18-14-5-3-4-13-9-17-19-15(13)14/h3-5,9,12H,2,6-8,10-11H2,1H3,(H,17,19)(H,18,21)/t12-/m1/s1. The number of urea groups is 1. The molecule has 2 heterocycles. The molecule has 1 fully saturated rings. The number of nitrogens with zero attached hydrogens (tertiary/aromatic N) is 2. The van der Waals surface area contributed by atoms with E-state index in [-0.39, 0.29) is 6.03 Å². The highest BCUT2D eigenvalue weighted by atomic mass is 16.5. The Morgan fingerprint density at radius 2 is 2.45 bits per heavy atom. The number of likely N-dealkylation sites (tertiary alicyclic amines) is 1. The molecule has 2 amide bonds. The highest BCUT2D eigenvalue weighted by Crippen LogP contribution is 2.22. The number of rotatable bonds is 5. The Bertz CT molecular complexity index is 640. The van der Waals surface area contributed by atoms with Crippen LogP contribution in [0.5, 0.6) is 0 Å². The van der Waals surface area contributed by atoms with Gasteiger partial charge in [-0.25, -0.2) is 4.79 Å². The Balaban J connectivity index is 1.57. The SMILES string of the molecule is CCCOC[C@@H]1CCN(C(=O)Nc2cccc3cn[nH]c23)C1. The van der Waals surface area contributed by atoms with Crippen molar-refractivity contribution in [2.45, 2.75) is 19.8 Å². The van der Waals surface area contributed by atoms with Crippen LogP contribution in [-0.2, 0) is 4.74 Å². The van der Waals surface area contributed by atoms with Crippen LogP contribution < -0.4 is 5.32 Å². The van der Waals surface area contributed by atoms with E-state index in [1.165, 1.54) is 0 Å².